The van der Waals surface area contributed by atoms with E-state index in [4.69, 9.17) is 35.9 Å². The number of hydrogen-bond acceptors (Lipinski definition) is 9. The van der Waals surface area contributed by atoms with Gasteiger partial charge in [0.05, 0.1) is 13.2 Å². The fourth-order valence-corrected chi connectivity index (χ4v) is 2.17. The van der Waals surface area contributed by atoms with Crippen molar-refractivity contribution in [1.82, 2.24) is 0 Å². The minimum atomic E-state index is -1.95. The maximum absolute atomic E-state index is 9.90. The molecule has 0 bridgehead atoms. The van der Waals surface area contributed by atoms with Gasteiger partial charge in [0.25, 0.3) is 0 Å². The number of rotatable bonds is 6. The predicted molar refractivity (Wildman–Crippen MR) is 60.1 cm³/mol. The second kappa shape index (κ2) is 4.07. The number of aliphatic hydroxyl groups is 4. The van der Waals surface area contributed by atoms with E-state index in [-0.39, 0.29) is 0 Å². The molecule has 8 N–H and O–H groups in total. The SMILES string of the molecule is CC(N)(O)C1(OC2(C(C)(N)O)OC2CO)OC1CO. The molecule has 9 nitrogen and oxygen atoms in total. The summed E-state index contributed by atoms with van der Waals surface area (Å²) in [5, 5.41) is 38.0. The van der Waals surface area contributed by atoms with Gasteiger partial charge in [-0.1, -0.05) is 0 Å². The third-order valence-corrected chi connectivity index (χ3v) is 3.41. The van der Waals surface area contributed by atoms with Crippen LogP contribution in [0.25, 0.3) is 0 Å². The van der Waals surface area contributed by atoms with Gasteiger partial charge in [0.2, 0.25) is 11.6 Å². The van der Waals surface area contributed by atoms with E-state index in [1.54, 1.807) is 0 Å². The van der Waals surface area contributed by atoms with Gasteiger partial charge in [-0.05, 0) is 13.8 Å². The molecular weight excluding hydrogens is 260 g/mol. The molecule has 112 valence electrons. The standard InChI is InChI=1S/C10H20N2O7/c1-7(11,15)9(5(3-13)17-9)19-10(8(2,12)16)6(4-14)18-10/h5-6,13-16H,3-4,11-12H2,1-2H3. The third-order valence-electron chi connectivity index (χ3n) is 3.41. The second-order valence-electron chi connectivity index (χ2n) is 5.31. The molecule has 6 atom stereocenters. The molecule has 2 rings (SSSR count). The molecule has 19 heavy (non-hydrogen) atoms. The molecule has 0 amide bonds. The highest BCUT2D eigenvalue weighted by Gasteiger charge is 2.78. The third kappa shape index (κ3) is 2.07. The Labute approximate surface area is 109 Å². The van der Waals surface area contributed by atoms with Gasteiger partial charge in [-0.3, -0.25) is 11.5 Å². The van der Waals surface area contributed by atoms with Crippen LogP contribution < -0.4 is 11.5 Å². The summed E-state index contributed by atoms with van der Waals surface area (Å²) in [6, 6.07) is 0. The highest BCUT2D eigenvalue weighted by Crippen LogP contribution is 2.54. The minimum Gasteiger partial charge on any atom is -0.393 e. The number of epoxide rings is 2. The highest BCUT2D eigenvalue weighted by molar-refractivity contribution is 5.13. The van der Waals surface area contributed by atoms with Gasteiger partial charge in [0.15, 0.2) is 11.4 Å². The van der Waals surface area contributed by atoms with Gasteiger partial charge in [0.1, 0.15) is 12.2 Å². The molecule has 0 radical (unpaired) electrons. The van der Waals surface area contributed by atoms with E-state index in [1.165, 1.54) is 13.8 Å². The molecule has 0 spiro atoms. The quantitative estimate of drug-likeness (QED) is 0.214. The van der Waals surface area contributed by atoms with Crippen LogP contribution in [-0.2, 0) is 14.2 Å². The molecule has 2 aliphatic heterocycles. The van der Waals surface area contributed by atoms with Crippen molar-refractivity contribution < 1.29 is 34.6 Å². The first-order chi connectivity index (χ1) is 8.54. The lowest BCUT2D eigenvalue weighted by atomic mass is 10.0. The first-order valence-electron chi connectivity index (χ1n) is 5.84. The van der Waals surface area contributed by atoms with Crippen LogP contribution in [0, 0.1) is 0 Å². The Balaban J connectivity index is 2.24. The first kappa shape index (κ1) is 15.0. The largest absolute Gasteiger partial charge is 0.393 e. The van der Waals surface area contributed by atoms with E-state index in [9.17, 15) is 10.2 Å². The van der Waals surface area contributed by atoms with Gasteiger partial charge < -0.3 is 34.6 Å². The Hall–Kier alpha value is -0.360. The Morgan fingerprint density at radius 2 is 1.32 bits per heavy atom. The van der Waals surface area contributed by atoms with E-state index in [1.807, 2.05) is 0 Å². The van der Waals surface area contributed by atoms with Crippen LogP contribution in [-0.4, -0.2) is 68.9 Å². The van der Waals surface area contributed by atoms with Gasteiger partial charge in [-0.15, -0.1) is 0 Å². The summed E-state index contributed by atoms with van der Waals surface area (Å²) in [5.41, 5.74) is 7.21. The van der Waals surface area contributed by atoms with Crippen molar-refractivity contribution in [1.29, 1.82) is 0 Å². The Bertz CT molecular complexity index is 332. The van der Waals surface area contributed by atoms with Crippen LogP contribution in [0.2, 0.25) is 0 Å². The fourth-order valence-electron chi connectivity index (χ4n) is 2.17. The zero-order chi connectivity index (χ0) is 14.7. The monoisotopic (exact) mass is 280 g/mol. The molecule has 2 aliphatic rings. The number of aliphatic hydroxyl groups excluding tert-OH is 2. The van der Waals surface area contributed by atoms with Crippen molar-refractivity contribution >= 4 is 0 Å². The van der Waals surface area contributed by atoms with E-state index >= 15 is 0 Å². The van der Waals surface area contributed by atoms with Crippen molar-refractivity contribution in [2.45, 2.75) is 49.1 Å². The highest BCUT2D eigenvalue weighted by atomic mass is 16.9. The lowest BCUT2D eigenvalue weighted by molar-refractivity contribution is -0.270. The summed E-state index contributed by atoms with van der Waals surface area (Å²) in [6.45, 7) is 1.55. The van der Waals surface area contributed by atoms with E-state index < -0.39 is 48.4 Å². The topological polar surface area (TPSA) is 167 Å². The molecule has 0 aliphatic carbocycles. The summed E-state index contributed by atoms with van der Waals surface area (Å²) < 4.78 is 15.7. The van der Waals surface area contributed by atoms with Crippen LogP contribution in [0.1, 0.15) is 13.8 Å². The number of nitrogens with two attached hydrogens (primary N) is 2. The summed E-state index contributed by atoms with van der Waals surface area (Å²) in [5.74, 6) is -3.51. The molecule has 2 saturated heterocycles. The van der Waals surface area contributed by atoms with Gasteiger partial charge >= 0.3 is 0 Å². The van der Waals surface area contributed by atoms with Crippen LogP contribution in [0.5, 0.6) is 0 Å². The molecule has 6 unspecified atom stereocenters. The molecule has 0 aromatic carbocycles. The van der Waals surface area contributed by atoms with E-state index in [0.717, 1.165) is 0 Å². The Kier molecular flexibility index (Phi) is 3.22. The molecule has 0 aromatic heterocycles. The zero-order valence-corrected chi connectivity index (χ0v) is 10.7. The molecule has 0 saturated carbocycles. The summed E-state index contributed by atoms with van der Waals surface area (Å²) >= 11 is 0. The van der Waals surface area contributed by atoms with E-state index in [0.29, 0.717) is 0 Å². The van der Waals surface area contributed by atoms with Crippen molar-refractivity contribution in [3.8, 4) is 0 Å². The Morgan fingerprint density at radius 3 is 1.47 bits per heavy atom. The van der Waals surface area contributed by atoms with Crippen LogP contribution in [0.15, 0.2) is 0 Å². The van der Waals surface area contributed by atoms with Gasteiger partial charge in [0, 0.05) is 0 Å². The van der Waals surface area contributed by atoms with Crippen molar-refractivity contribution in [3.05, 3.63) is 0 Å². The zero-order valence-electron chi connectivity index (χ0n) is 10.7. The molecule has 0 aromatic rings. The predicted octanol–water partition coefficient (Wildman–Crippen LogP) is -3.49. The number of hydrogen-bond donors (Lipinski definition) is 6. The van der Waals surface area contributed by atoms with Gasteiger partial charge in [-0.25, -0.2) is 0 Å². The fraction of sp³-hybridized carbons (Fsp3) is 1.00. The summed E-state index contributed by atoms with van der Waals surface area (Å²) in [7, 11) is 0. The minimum absolute atomic E-state index is 0.445. The molecular formula is C10H20N2O7. The lowest BCUT2D eigenvalue weighted by Crippen LogP contribution is -2.62. The maximum Gasteiger partial charge on any atom is 0.243 e. The first-order valence-corrected chi connectivity index (χ1v) is 5.84. The van der Waals surface area contributed by atoms with Crippen molar-refractivity contribution in [2.24, 2.45) is 11.5 Å². The summed E-state index contributed by atoms with van der Waals surface area (Å²) in [6.07, 6.45) is -1.76. The Morgan fingerprint density at radius 1 is 1.00 bits per heavy atom. The smallest absolute Gasteiger partial charge is 0.243 e. The number of ether oxygens (including phenoxy) is 3. The van der Waals surface area contributed by atoms with Gasteiger partial charge in [-0.2, -0.15) is 0 Å². The van der Waals surface area contributed by atoms with Crippen LogP contribution in [0.3, 0.4) is 0 Å². The maximum atomic E-state index is 9.90. The molecule has 2 fully saturated rings. The second-order valence-corrected chi connectivity index (χ2v) is 5.31. The van der Waals surface area contributed by atoms with Crippen molar-refractivity contribution in [3.63, 3.8) is 0 Å². The van der Waals surface area contributed by atoms with E-state index in [2.05, 4.69) is 0 Å². The molecule has 2 heterocycles. The molecule has 9 heteroatoms. The average molecular weight is 280 g/mol. The van der Waals surface area contributed by atoms with Crippen LogP contribution in [0.4, 0.5) is 0 Å². The normalized spacial score (nSPS) is 47.4. The van der Waals surface area contributed by atoms with Crippen molar-refractivity contribution in [2.75, 3.05) is 13.2 Å². The lowest BCUT2D eigenvalue weighted by Gasteiger charge is -2.34. The average Bonchev–Trinajstić information content (AvgIpc) is 3.11. The van der Waals surface area contributed by atoms with Crippen LogP contribution >= 0.6 is 0 Å². The summed E-state index contributed by atoms with van der Waals surface area (Å²) in [4.78, 5) is 0.